The highest BCUT2D eigenvalue weighted by atomic mass is 16.2. The van der Waals surface area contributed by atoms with Gasteiger partial charge in [0.05, 0.1) is 11.7 Å². The predicted octanol–water partition coefficient (Wildman–Crippen LogP) is 1.59. The maximum atomic E-state index is 11.2. The second-order valence-electron chi connectivity index (χ2n) is 3.93. The van der Waals surface area contributed by atoms with E-state index in [0.717, 1.165) is 11.3 Å². The van der Waals surface area contributed by atoms with Gasteiger partial charge in [-0.3, -0.25) is 9.78 Å². The Morgan fingerprint density at radius 3 is 2.93 bits per heavy atom. The van der Waals surface area contributed by atoms with Crippen molar-refractivity contribution in [1.82, 2.24) is 10.3 Å². The summed E-state index contributed by atoms with van der Waals surface area (Å²) >= 11 is 0. The Morgan fingerprint density at radius 1 is 1.57 bits per heavy atom. The van der Waals surface area contributed by atoms with Crippen LogP contribution in [0.3, 0.4) is 0 Å². The normalized spacial score (nSPS) is 26.3. The van der Waals surface area contributed by atoms with Crippen molar-refractivity contribution in [2.75, 3.05) is 0 Å². The van der Waals surface area contributed by atoms with Crippen LogP contribution in [0, 0.1) is 12.8 Å². The van der Waals surface area contributed by atoms with E-state index in [-0.39, 0.29) is 11.9 Å². The Bertz CT molecular complexity index is 362. The monoisotopic (exact) mass is 190 g/mol. The molecule has 1 aliphatic rings. The lowest BCUT2D eigenvalue weighted by molar-refractivity contribution is -0.119. The molecule has 2 heterocycles. The third-order valence-corrected chi connectivity index (χ3v) is 2.74. The molecule has 3 heteroatoms. The maximum absolute atomic E-state index is 11.2. The lowest BCUT2D eigenvalue weighted by Crippen LogP contribution is -2.21. The smallest absolute Gasteiger partial charge is 0.220 e. The summed E-state index contributed by atoms with van der Waals surface area (Å²) in [5.41, 5.74) is 2.15. The number of hydrogen-bond acceptors (Lipinski definition) is 2. The molecule has 2 rings (SSSR count). The molecule has 1 amide bonds. The molecule has 1 N–H and O–H groups in total. The minimum Gasteiger partial charge on any atom is -0.347 e. The average molecular weight is 190 g/mol. The summed E-state index contributed by atoms with van der Waals surface area (Å²) in [5, 5.41) is 2.96. The number of amides is 1. The number of hydrogen-bond donors (Lipinski definition) is 1. The van der Waals surface area contributed by atoms with Crippen molar-refractivity contribution >= 4 is 5.91 Å². The topological polar surface area (TPSA) is 42.0 Å². The van der Waals surface area contributed by atoms with Gasteiger partial charge >= 0.3 is 0 Å². The van der Waals surface area contributed by atoms with E-state index in [2.05, 4.69) is 17.2 Å². The van der Waals surface area contributed by atoms with E-state index in [9.17, 15) is 4.79 Å². The Morgan fingerprint density at radius 2 is 2.36 bits per heavy atom. The van der Waals surface area contributed by atoms with Crippen molar-refractivity contribution in [3.05, 3.63) is 29.6 Å². The lowest BCUT2D eigenvalue weighted by Gasteiger charge is -2.16. The predicted molar refractivity (Wildman–Crippen MR) is 53.6 cm³/mol. The molecule has 3 nitrogen and oxygen atoms in total. The Labute approximate surface area is 83.5 Å². The van der Waals surface area contributed by atoms with Gasteiger partial charge < -0.3 is 5.32 Å². The van der Waals surface area contributed by atoms with Crippen LogP contribution in [-0.4, -0.2) is 10.9 Å². The fraction of sp³-hybridized carbons (Fsp3) is 0.455. The van der Waals surface area contributed by atoms with E-state index >= 15 is 0 Å². The molecule has 0 saturated carbocycles. The Hall–Kier alpha value is -1.38. The van der Waals surface area contributed by atoms with E-state index in [1.54, 1.807) is 6.20 Å². The quantitative estimate of drug-likeness (QED) is 0.730. The number of aryl methyl sites for hydroxylation is 1. The van der Waals surface area contributed by atoms with Crippen LogP contribution in [0.15, 0.2) is 18.3 Å². The first kappa shape index (κ1) is 9.19. The zero-order valence-electron chi connectivity index (χ0n) is 8.45. The van der Waals surface area contributed by atoms with Crippen LogP contribution in [0.4, 0.5) is 0 Å². The van der Waals surface area contributed by atoms with Crippen LogP contribution in [0.2, 0.25) is 0 Å². The Balaban J connectivity index is 2.32. The van der Waals surface area contributed by atoms with Gasteiger partial charge in [-0.05, 0) is 24.5 Å². The molecule has 0 spiro atoms. The van der Waals surface area contributed by atoms with Crippen LogP contribution in [0.1, 0.15) is 30.6 Å². The van der Waals surface area contributed by atoms with E-state index in [0.29, 0.717) is 12.3 Å². The summed E-state index contributed by atoms with van der Waals surface area (Å²) in [6, 6.07) is 4.04. The van der Waals surface area contributed by atoms with Gasteiger partial charge in [0.2, 0.25) is 5.91 Å². The van der Waals surface area contributed by atoms with Gasteiger partial charge in [-0.1, -0.05) is 13.0 Å². The van der Waals surface area contributed by atoms with Gasteiger partial charge in [0.15, 0.2) is 0 Å². The van der Waals surface area contributed by atoms with Crippen molar-refractivity contribution < 1.29 is 4.79 Å². The zero-order chi connectivity index (χ0) is 10.1. The summed E-state index contributed by atoms with van der Waals surface area (Å²) in [6.07, 6.45) is 2.39. The van der Waals surface area contributed by atoms with Crippen molar-refractivity contribution in [3.63, 3.8) is 0 Å². The highest BCUT2D eigenvalue weighted by molar-refractivity contribution is 5.79. The van der Waals surface area contributed by atoms with E-state index in [1.807, 2.05) is 19.1 Å². The molecule has 1 saturated heterocycles. The molecule has 1 aliphatic heterocycles. The molecule has 1 aromatic rings. The highest BCUT2D eigenvalue weighted by Crippen LogP contribution is 2.29. The molecule has 0 aromatic carbocycles. The molecular formula is C11H14N2O. The van der Waals surface area contributed by atoms with Crippen LogP contribution in [0.5, 0.6) is 0 Å². The molecule has 0 radical (unpaired) electrons. The van der Waals surface area contributed by atoms with Gasteiger partial charge in [-0.2, -0.15) is 0 Å². The third-order valence-electron chi connectivity index (χ3n) is 2.74. The van der Waals surface area contributed by atoms with Gasteiger partial charge in [0, 0.05) is 12.6 Å². The van der Waals surface area contributed by atoms with Gasteiger partial charge in [-0.25, -0.2) is 0 Å². The SMILES string of the molecule is Cc1cccnc1C1NC(=O)CC1C. The standard InChI is InChI=1S/C11H14N2O/c1-7-4-3-5-12-10(7)11-8(2)6-9(14)13-11/h3-5,8,11H,6H2,1-2H3,(H,13,14). The van der Waals surface area contributed by atoms with Gasteiger partial charge in [-0.15, -0.1) is 0 Å². The number of carbonyl (C=O) groups is 1. The molecule has 14 heavy (non-hydrogen) atoms. The first-order chi connectivity index (χ1) is 6.68. The summed E-state index contributed by atoms with van der Waals surface area (Å²) in [4.78, 5) is 15.5. The minimum atomic E-state index is 0.101. The van der Waals surface area contributed by atoms with E-state index in [4.69, 9.17) is 0 Å². The maximum Gasteiger partial charge on any atom is 0.220 e. The van der Waals surface area contributed by atoms with Gasteiger partial charge in [0.25, 0.3) is 0 Å². The zero-order valence-corrected chi connectivity index (χ0v) is 8.45. The van der Waals surface area contributed by atoms with Crippen LogP contribution < -0.4 is 5.32 Å². The number of nitrogens with one attached hydrogen (secondary N) is 1. The van der Waals surface area contributed by atoms with Crippen LogP contribution in [0.25, 0.3) is 0 Å². The molecule has 0 bridgehead atoms. The lowest BCUT2D eigenvalue weighted by atomic mass is 9.97. The van der Waals surface area contributed by atoms with Crippen LogP contribution in [-0.2, 0) is 4.79 Å². The second-order valence-corrected chi connectivity index (χ2v) is 3.93. The van der Waals surface area contributed by atoms with Crippen molar-refractivity contribution in [2.24, 2.45) is 5.92 Å². The number of carbonyl (C=O) groups excluding carboxylic acids is 1. The molecule has 2 unspecified atom stereocenters. The number of pyridine rings is 1. The molecule has 0 aliphatic carbocycles. The molecule has 1 aromatic heterocycles. The first-order valence-corrected chi connectivity index (χ1v) is 4.89. The third kappa shape index (κ3) is 1.50. The van der Waals surface area contributed by atoms with Crippen LogP contribution >= 0.6 is 0 Å². The summed E-state index contributed by atoms with van der Waals surface area (Å²) < 4.78 is 0. The largest absolute Gasteiger partial charge is 0.347 e. The number of rotatable bonds is 1. The molecule has 1 fully saturated rings. The van der Waals surface area contributed by atoms with Gasteiger partial charge in [0.1, 0.15) is 0 Å². The van der Waals surface area contributed by atoms with E-state index < -0.39 is 0 Å². The van der Waals surface area contributed by atoms with E-state index in [1.165, 1.54) is 0 Å². The molecular weight excluding hydrogens is 176 g/mol. The van der Waals surface area contributed by atoms with Crippen molar-refractivity contribution in [1.29, 1.82) is 0 Å². The minimum absolute atomic E-state index is 0.101. The van der Waals surface area contributed by atoms with Crippen molar-refractivity contribution in [2.45, 2.75) is 26.3 Å². The summed E-state index contributed by atoms with van der Waals surface area (Å²) in [5.74, 6) is 0.476. The fourth-order valence-electron chi connectivity index (χ4n) is 1.95. The van der Waals surface area contributed by atoms with Crippen molar-refractivity contribution in [3.8, 4) is 0 Å². The average Bonchev–Trinajstić information content (AvgIpc) is 2.46. The highest BCUT2D eigenvalue weighted by Gasteiger charge is 2.31. The Kier molecular flexibility index (Phi) is 2.23. The first-order valence-electron chi connectivity index (χ1n) is 4.89. The second kappa shape index (κ2) is 3.40. The summed E-state index contributed by atoms with van der Waals surface area (Å²) in [7, 11) is 0. The summed E-state index contributed by atoms with van der Waals surface area (Å²) in [6.45, 7) is 4.11. The number of aromatic nitrogens is 1. The molecule has 74 valence electrons. The fourth-order valence-corrected chi connectivity index (χ4v) is 1.95. The number of nitrogens with zero attached hydrogens (tertiary/aromatic N) is 1. The molecule has 2 atom stereocenters.